The summed E-state index contributed by atoms with van der Waals surface area (Å²) in [4.78, 5) is 10.5. The Balaban J connectivity index is 2.94. The zero-order chi connectivity index (χ0) is 11.3. The van der Waals surface area contributed by atoms with Gasteiger partial charge in [0.15, 0.2) is 0 Å². The van der Waals surface area contributed by atoms with Crippen molar-refractivity contribution in [3.8, 4) is 0 Å². The Labute approximate surface area is 93.2 Å². The SMILES string of the molecule is NCC=Cc1ccc(Cl)c(CC(=O)O)c1. The smallest absolute Gasteiger partial charge is 0.307 e. The molecule has 0 aliphatic heterocycles. The molecule has 3 N–H and O–H groups in total. The van der Waals surface area contributed by atoms with Gasteiger partial charge in [0, 0.05) is 11.6 Å². The van der Waals surface area contributed by atoms with E-state index >= 15 is 0 Å². The topological polar surface area (TPSA) is 63.3 Å². The Morgan fingerprint density at radius 3 is 2.87 bits per heavy atom. The number of halogens is 1. The largest absolute Gasteiger partial charge is 0.481 e. The van der Waals surface area contributed by atoms with Crippen LogP contribution in [0.4, 0.5) is 0 Å². The number of benzene rings is 1. The monoisotopic (exact) mass is 225 g/mol. The van der Waals surface area contributed by atoms with E-state index in [4.69, 9.17) is 22.4 Å². The molecule has 80 valence electrons. The van der Waals surface area contributed by atoms with Crippen molar-refractivity contribution in [1.29, 1.82) is 0 Å². The second-order valence-electron chi connectivity index (χ2n) is 3.06. The lowest BCUT2D eigenvalue weighted by Gasteiger charge is -2.02. The van der Waals surface area contributed by atoms with E-state index in [9.17, 15) is 4.79 Å². The summed E-state index contributed by atoms with van der Waals surface area (Å²) in [5, 5.41) is 9.14. The predicted octanol–water partition coefficient (Wildman–Crippen LogP) is 1.94. The zero-order valence-electron chi connectivity index (χ0n) is 8.11. The molecule has 0 fully saturated rings. The molecule has 0 saturated heterocycles. The molecule has 3 nitrogen and oxygen atoms in total. The highest BCUT2D eigenvalue weighted by Gasteiger charge is 2.05. The first-order valence-electron chi connectivity index (χ1n) is 4.50. The van der Waals surface area contributed by atoms with Crippen LogP contribution in [0.2, 0.25) is 5.02 Å². The van der Waals surface area contributed by atoms with Crippen LogP contribution in [0.25, 0.3) is 6.08 Å². The van der Waals surface area contributed by atoms with E-state index in [0.717, 1.165) is 5.56 Å². The maximum atomic E-state index is 10.5. The number of rotatable bonds is 4. The molecule has 0 aliphatic rings. The Hall–Kier alpha value is -1.32. The van der Waals surface area contributed by atoms with Gasteiger partial charge in [-0.3, -0.25) is 4.79 Å². The third kappa shape index (κ3) is 3.73. The van der Waals surface area contributed by atoms with Crippen LogP contribution in [0.5, 0.6) is 0 Å². The highest BCUT2D eigenvalue weighted by molar-refractivity contribution is 6.31. The first-order chi connectivity index (χ1) is 7.13. The van der Waals surface area contributed by atoms with Gasteiger partial charge in [-0.25, -0.2) is 0 Å². The molecule has 1 rings (SSSR count). The van der Waals surface area contributed by atoms with Gasteiger partial charge in [0.2, 0.25) is 0 Å². The molecule has 15 heavy (non-hydrogen) atoms. The fraction of sp³-hybridized carbons (Fsp3) is 0.182. The summed E-state index contributed by atoms with van der Waals surface area (Å²) >= 11 is 5.86. The summed E-state index contributed by atoms with van der Waals surface area (Å²) in [6.45, 7) is 0.455. The molecular weight excluding hydrogens is 214 g/mol. The van der Waals surface area contributed by atoms with Gasteiger partial charge >= 0.3 is 5.97 Å². The van der Waals surface area contributed by atoms with Crippen LogP contribution in [0, 0.1) is 0 Å². The molecule has 0 amide bonds. The quantitative estimate of drug-likeness (QED) is 0.823. The lowest BCUT2D eigenvalue weighted by Crippen LogP contribution is -2.00. The average molecular weight is 226 g/mol. The van der Waals surface area contributed by atoms with Crippen molar-refractivity contribution in [3.05, 3.63) is 40.4 Å². The van der Waals surface area contributed by atoms with Gasteiger partial charge in [0.05, 0.1) is 6.42 Å². The summed E-state index contributed by atoms with van der Waals surface area (Å²) in [5.74, 6) is -0.892. The van der Waals surface area contributed by atoms with Crippen molar-refractivity contribution >= 4 is 23.6 Å². The average Bonchev–Trinajstić information content (AvgIpc) is 2.18. The number of carboxylic acids is 1. The van der Waals surface area contributed by atoms with Crippen molar-refractivity contribution in [3.63, 3.8) is 0 Å². The van der Waals surface area contributed by atoms with Crippen LogP contribution in [0.1, 0.15) is 11.1 Å². The molecule has 0 aromatic heterocycles. The van der Waals surface area contributed by atoms with Crippen molar-refractivity contribution < 1.29 is 9.90 Å². The minimum atomic E-state index is -0.892. The van der Waals surface area contributed by atoms with Gasteiger partial charge in [0.25, 0.3) is 0 Å². The third-order valence-electron chi connectivity index (χ3n) is 1.86. The minimum Gasteiger partial charge on any atom is -0.481 e. The minimum absolute atomic E-state index is 0.0663. The van der Waals surface area contributed by atoms with Crippen molar-refractivity contribution in [2.45, 2.75) is 6.42 Å². The number of nitrogens with two attached hydrogens (primary N) is 1. The molecule has 4 heteroatoms. The van der Waals surface area contributed by atoms with E-state index < -0.39 is 5.97 Å². The Morgan fingerprint density at radius 2 is 2.27 bits per heavy atom. The second kappa shape index (κ2) is 5.53. The van der Waals surface area contributed by atoms with E-state index in [1.54, 1.807) is 18.2 Å². The third-order valence-corrected chi connectivity index (χ3v) is 2.23. The fourth-order valence-corrected chi connectivity index (χ4v) is 1.39. The molecule has 0 heterocycles. The number of hydrogen-bond acceptors (Lipinski definition) is 2. The van der Waals surface area contributed by atoms with Crippen LogP contribution in [0.3, 0.4) is 0 Å². The number of carbonyl (C=O) groups is 1. The van der Waals surface area contributed by atoms with Crippen LogP contribution < -0.4 is 5.73 Å². The molecule has 0 spiro atoms. The van der Waals surface area contributed by atoms with Gasteiger partial charge in [0.1, 0.15) is 0 Å². The molecule has 0 radical (unpaired) electrons. The van der Waals surface area contributed by atoms with E-state index in [-0.39, 0.29) is 6.42 Å². The van der Waals surface area contributed by atoms with E-state index in [2.05, 4.69) is 0 Å². The molecule has 1 aromatic carbocycles. The van der Waals surface area contributed by atoms with Crippen molar-refractivity contribution in [2.75, 3.05) is 6.54 Å². The number of carboxylic acid groups (broad SMARTS) is 1. The van der Waals surface area contributed by atoms with Gasteiger partial charge in [-0.05, 0) is 23.3 Å². The van der Waals surface area contributed by atoms with Crippen LogP contribution in [-0.4, -0.2) is 17.6 Å². The molecule has 0 bridgehead atoms. The van der Waals surface area contributed by atoms with E-state index in [1.165, 1.54) is 0 Å². The summed E-state index contributed by atoms with van der Waals surface area (Å²) in [7, 11) is 0. The van der Waals surface area contributed by atoms with Gasteiger partial charge in [-0.1, -0.05) is 29.8 Å². The van der Waals surface area contributed by atoms with Crippen LogP contribution in [-0.2, 0) is 11.2 Å². The molecule has 0 unspecified atom stereocenters. The van der Waals surface area contributed by atoms with Gasteiger partial charge in [-0.2, -0.15) is 0 Å². The number of aliphatic carboxylic acids is 1. The highest BCUT2D eigenvalue weighted by atomic mass is 35.5. The van der Waals surface area contributed by atoms with Crippen LogP contribution >= 0.6 is 11.6 Å². The van der Waals surface area contributed by atoms with Crippen molar-refractivity contribution in [2.24, 2.45) is 5.73 Å². The maximum absolute atomic E-state index is 10.5. The lowest BCUT2D eigenvalue weighted by molar-refractivity contribution is -0.136. The first-order valence-corrected chi connectivity index (χ1v) is 4.88. The maximum Gasteiger partial charge on any atom is 0.307 e. The van der Waals surface area contributed by atoms with Gasteiger partial charge < -0.3 is 10.8 Å². The Bertz CT molecular complexity index is 388. The summed E-state index contributed by atoms with van der Waals surface area (Å²) < 4.78 is 0. The molecule has 0 atom stereocenters. The molecule has 1 aromatic rings. The second-order valence-corrected chi connectivity index (χ2v) is 3.47. The Kier molecular flexibility index (Phi) is 4.34. The van der Waals surface area contributed by atoms with E-state index in [1.807, 2.05) is 12.1 Å². The zero-order valence-corrected chi connectivity index (χ0v) is 8.87. The summed E-state index contributed by atoms with van der Waals surface area (Å²) in [6, 6.07) is 5.26. The Morgan fingerprint density at radius 1 is 1.53 bits per heavy atom. The molecular formula is C11H12ClNO2. The standard InChI is InChI=1S/C11H12ClNO2/c12-10-4-3-8(2-1-5-13)6-9(10)7-11(14)15/h1-4,6H,5,7,13H2,(H,14,15). The van der Waals surface area contributed by atoms with Gasteiger partial charge in [-0.15, -0.1) is 0 Å². The predicted molar refractivity (Wildman–Crippen MR) is 60.9 cm³/mol. The van der Waals surface area contributed by atoms with Crippen molar-refractivity contribution in [1.82, 2.24) is 0 Å². The first kappa shape index (κ1) is 11.8. The fourth-order valence-electron chi connectivity index (χ4n) is 1.20. The lowest BCUT2D eigenvalue weighted by atomic mass is 10.1. The van der Waals surface area contributed by atoms with E-state index in [0.29, 0.717) is 17.1 Å². The normalized spacial score (nSPS) is 10.8. The number of hydrogen-bond donors (Lipinski definition) is 2. The highest BCUT2D eigenvalue weighted by Crippen LogP contribution is 2.19. The molecule has 0 saturated carbocycles. The van der Waals surface area contributed by atoms with Crippen LogP contribution in [0.15, 0.2) is 24.3 Å². The summed E-state index contributed by atoms with van der Waals surface area (Å²) in [6.07, 6.45) is 3.57. The molecule has 0 aliphatic carbocycles. The summed E-state index contributed by atoms with van der Waals surface area (Å²) in [5.41, 5.74) is 6.84.